The lowest BCUT2D eigenvalue weighted by Gasteiger charge is -2.10. The van der Waals surface area contributed by atoms with Crippen molar-refractivity contribution in [1.29, 1.82) is 0 Å². The van der Waals surface area contributed by atoms with Gasteiger partial charge in [-0.25, -0.2) is 4.39 Å². The lowest BCUT2D eigenvalue weighted by molar-refractivity contribution is -0.137. The summed E-state index contributed by atoms with van der Waals surface area (Å²) in [5, 5.41) is 0. The van der Waals surface area contributed by atoms with E-state index in [2.05, 4.69) is 0 Å². The zero-order valence-corrected chi connectivity index (χ0v) is 9.84. The van der Waals surface area contributed by atoms with Crippen molar-refractivity contribution < 1.29 is 17.6 Å². The number of hydrogen-bond acceptors (Lipinski definition) is 1. The highest BCUT2D eigenvalue weighted by Crippen LogP contribution is 2.30. The van der Waals surface area contributed by atoms with Crippen molar-refractivity contribution in [1.82, 2.24) is 0 Å². The molecule has 0 radical (unpaired) electrons. The molecule has 0 spiro atoms. The minimum atomic E-state index is -4.37. The smallest absolute Gasteiger partial charge is 0.398 e. The lowest BCUT2D eigenvalue weighted by atomic mass is 10.0. The maximum Gasteiger partial charge on any atom is 0.416 e. The highest BCUT2D eigenvalue weighted by atomic mass is 19.4. The van der Waals surface area contributed by atoms with Crippen molar-refractivity contribution >= 4 is 5.69 Å². The molecule has 100 valence electrons. The molecule has 2 rings (SSSR count). The number of rotatable bonds is 2. The van der Waals surface area contributed by atoms with E-state index in [9.17, 15) is 17.6 Å². The Bertz CT molecular complexity index is 590. The first-order valence-electron chi connectivity index (χ1n) is 5.56. The summed E-state index contributed by atoms with van der Waals surface area (Å²) in [6.07, 6.45) is -4.14. The predicted molar refractivity (Wildman–Crippen MR) is 65.1 cm³/mol. The first-order valence-corrected chi connectivity index (χ1v) is 5.56. The van der Waals surface area contributed by atoms with Crippen molar-refractivity contribution in [2.45, 2.75) is 12.6 Å². The molecule has 0 heterocycles. The molecule has 0 atom stereocenters. The van der Waals surface area contributed by atoms with Gasteiger partial charge < -0.3 is 5.73 Å². The van der Waals surface area contributed by atoms with E-state index < -0.39 is 17.6 Å². The molecule has 0 fully saturated rings. The number of halogens is 4. The van der Waals surface area contributed by atoms with Crippen LogP contribution in [0.5, 0.6) is 0 Å². The van der Waals surface area contributed by atoms with E-state index in [0.717, 1.165) is 18.2 Å². The first kappa shape index (κ1) is 13.4. The number of hydrogen-bond donors (Lipinski definition) is 1. The van der Waals surface area contributed by atoms with Gasteiger partial charge in [-0.1, -0.05) is 24.3 Å². The van der Waals surface area contributed by atoms with Crippen LogP contribution in [0.3, 0.4) is 0 Å². The third kappa shape index (κ3) is 3.24. The fraction of sp³-hybridized carbons (Fsp3) is 0.143. The van der Waals surface area contributed by atoms with Gasteiger partial charge in [-0.2, -0.15) is 13.2 Å². The van der Waals surface area contributed by atoms with Crippen molar-refractivity contribution in [2.24, 2.45) is 0 Å². The van der Waals surface area contributed by atoms with Crippen LogP contribution in [-0.2, 0) is 12.6 Å². The van der Waals surface area contributed by atoms with Gasteiger partial charge in [0, 0.05) is 5.69 Å². The minimum Gasteiger partial charge on any atom is -0.398 e. The topological polar surface area (TPSA) is 26.0 Å². The molecule has 0 saturated heterocycles. The van der Waals surface area contributed by atoms with E-state index in [1.54, 1.807) is 6.07 Å². The van der Waals surface area contributed by atoms with Crippen LogP contribution in [0.15, 0.2) is 42.5 Å². The Morgan fingerprint density at radius 2 is 1.74 bits per heavy atom. The Morgan fingerprint density at radius 3 is 2.37 bits per heavy atom. The predicted octanol–water partition coefficient (Wildman–Crippen LogP) is 4.02. The molecule has 0 aromatic heterocycles. The Kier molecular flexibility index (Phi) is 3.46. The maximum absolute atomic E-state index is 12.9. The normalized spacial score (nSPS) is 11.6. The quantitative estimate of drug-likeness (QED) is 0.646. The van der Waals surface area contributed by atoms with E-state index in [4.69, 9.17) is 5.73 Å². The summed E-state index contributed by atoms with van der Waals surface area (Å²) in [5.74, 6) is -0.467. The summed E-state index contributed by atoms with van der Waals surface area (Å²) < 4.78 is 50.6. The van der Waals surface area contributed by atoms with Gasteiger partial charge in [0.05, 0.1) is 5.56 Å². The van der Waals surface area contributed by atoms with Gasteiger partial charge >= 0.3 is 6.18 Å². The van der Waals surface area contributed by atoms with Crippen LogP contribution in [-0.4, -0.2) is 0 Å². The zero-order chi connectivity index (χ0) is 14.0. The molecule has 0 aliphatic rings. The van der Waals surface area contributed by atoms with Crippen LogP contribution in [0.4, 0.5) is 23.2 Å². The molecule has 19 heavy (non-hydrogen) atoms. The number of nitrogens with two attached hydrogens (primary N) is 1. The average Bonchev–Trinajstić information content (AvgIpc) is 2.32. The first-order chi connectivity index (χ1) is 8.86. The van der Waals surface area contributed by atoms with Crippen LogP contribution in [0.1, 0.15) is 16.7 Å². The Balaban J connectivity index is 2.29. The van der Waals surface area contributed by atoms with E-state index in [1.807, 2.05) is 0 Å². The summed E-state index contributed by atoms with van der Waals surface area (Å²) >= 11 is 0. The molecule has 0 aliphatic carbocycles. The molecule has 0 aliphatic heterocycles. The monoisotopic (exact) mass is 269 g/mol. The lowest BCUT2D eigenvalue weighted by Crippen LogP contribution is -2.05. The number of benzene rings is 2. The third-order valence-corrected chi connectivity index (χ3v) is 2.76. The third-order valence-electron chi connectivity index (χ3n) is 2.76. The van der Waals surface area contributed by atoms with Crippen LogP contribution in [0, 0.1) is 5.82 Å². The molecular formula is C14H11F4N. The van der Waals surface area contributed by atoms with Crippen LogP contribution < -0.4 is 5.73 Å². The number of anilines is 1. The molecule has 1 nitrogen and oxygen atoms in total. The van der Waals surface area contributed by atoms with Crippen LogP contribution in [0.25, 0.3) is 0 Å². The largest absolute Gasteiger partial charge is 0.416 e. The fourth-order valence-corrected chi connectivity index (χ4v) is 1.80. The fourth-order valence-electron chi connectivity index (χ4n) is 1.80. The zero-order valence-electron chi connectivity index (χ0n) is 9.84. The second-order valence-corrected chi connectivity index (χ2v) is 4.22. The van der Waals surface area contributed by atoms with Crippen LogP contribution in [0.2, 0.25) is 0 Å². The van der Waals surface area contributed by atoms with E-state index >= 15 is 0 Å². The molecule has 0 unspecified atom stereocenters. The van der Waals surface area contributed by atoms with E-state index in [1.165, 1.54) is 18.2 Å². The van der Waals surface area contributed by atoms with Crippen molar-refractivity contribution in [3.05, 3.63) is 65.0 Å². The van der Waals surface area contributed by atoms with Gasteiger partial charge in [0.1, 0.15) is 5.82 Å². The van der Waals surface area contributed by atoms with Gasteiger partial charge in [-0.15, -0.1) is 0 Å². The second-order valence-electron chi connectivity index (χ2n) is 4.22. The molecule has 2 aromatic rings. The molecular weight excluding hydrogens is 258 g/mol. The number of nitrogen functional groups attached to an aromatic ring is 1. The van der Waals surface area contributed by atoms with Gasteiger partial charge in [-0.05, 0) is 35.7 Å². The van der Waals surface area contributed by atoms with Crippen molar-refractivity contribution in [2.75, 3.05) is 5.73 Å². The Morgan fingerprint density at radius 1 is 1.00 bits per heavy atom. The SMILES string of the molecule is Nc1cc(F)ccc1Cc1cccc(C(F)(F)F)c1. The summed E-state index contributed by atoms with van der Waals surface area (Å²) in [6, 6.07) is 8.88. The molecule has 0 amide bonds. The van der Waals surface area contributed by atoms with E-state index in [-0.39, 0.29) is 12.1 Å². The van der Waals surface area contributed by atoms with Gasteiger partial charge in [-0.3, -0.25) is 0 Å². The summed E-state index contributed by atoms with van der Waals surface area (Å²) in [6.45, 7) is 0. The van der Waals surface area contributed by atoms with Crippen molar-refractivity contribution in [3.8, 4) is 0 Å². The maximum atomic E-state index is 12.9. The number of alkyl halides is 3. The average molecular weight is 269 g/mol. The van der Waals surface area contributed by atoms with Gasteiger partial charge in [0.15, 0.2) is 0 Å². The molecule has 0 saturated carbocycles. The minimum absolute atomic E-state index is 0.232. The highest BCUT2D eigenvalue weighted by Gasteiger charge is 2.30. The summed E-state index contributed by atoms with van der Waals surface area (Å²) in [4.78, 5) is 0. The second kappa shape index (κ2) is 4.91. The molecule has 2 aromatic carbocycles. The van der Waals surface area contributed by atoms with Crippen molar-refractivity contribution in [3.63, 3.8) is 0 Å². The highest BCUT2D eigenvalue weighted by molar-refractivity contribution is 5.49. The standard InChI is InChI=1S/C14H11F4N/c15-12-5-4-10(13(19)8-12)6-9-2-1-3-11(7-9)14(16,17)18/h1-5,7-8H,6,19H2. The Labute approximate surface area is 107 Å². The molecule has 2 N–H and O–H groups in total. The summed E-state index contributed by atoms with van der Waals surface area (Å²) in [7, 11) is 0. The summed E-state index contributed by atoms with van der Waals surface area (Å²) in [5.41, 5.74) is 6.24. The van der Waals surface area contributed by atoms with E-state index in [0.29, 0.717) is 11.1 Å². The van der Waals surface area contributed by atoms with Gasteiger partial charge in [0.25, 0.3) is 0 Å². The van der Waals surface area contributed by atoms with Crippen LogP contribution >= 0.6 is 0 Å². The molecule has 0 bridgehead atoms. The van der Waals surface area contributed by atoms with Gasteiger partial charge in [0.2, 0.25) is 0 Å². The Hall–Kier alpha value is -2.04. The molecule has 5 heteroatoms.